The number of likely N-dealkylation sites (tertiary alicyclic amines) is 1. The van der Waals surface area contributed by atoms with Crippen LogP contribution in [0.2, 0.25) is 5.02 Å². The van der Waals surface area contributed by atoms with Crippen LogP contribution in [0.4, 0.5) is 5.69 Å². The summed E-state index contributed by atoms with van der Waals surface area (Å²) in [5.41, 5.74) is 4.77. The van der Waals surface area contributed by atoms with E-state index in [4.69, 9.17) is 11.6 Å². The molecule has 2 fully saturated rings. The highest BCUT2D eigenvalue weighted by molar-refractivity contribution is 6.33. The molecule has 2 unspecified atom stereocenters. The summed E-state index contributed by atoms with van der Waals surface area (Å²) < 4.78 is 0. The van der Waals surface area contributed by atoms with Crippen molar-refractivity contribution in [3.05, 3.63) is 94.3 Å². The van der Waals surface area contributed by atoms with Crippen molar-refractivity contribution in [2.75, 3.05) is 31.1 Å². The molecule has 3 heterocycles. The highest BCUT2D eigenvalue weighted by atomic mass is 35.5. The second-order valence-corrected chi connectivity index (χ2v) is 10.7. The van der Waals surface area contributed by atoms with Gasteiger partial charge >= 0.3 is 0 Å². The zero-order valence-electron chi connectivity index (χ0n) is 20.1. The maximum absolute atomic E-state index is 13.5. The van der Waals surface area contributed by atoms with Crippen LogP contribution in [0.25, 0.3) is 0 Å². The van der Waals surface area contributed by atoms with E-state index in [2.05, 4.69) is 33.4 Å². The molecule has 2 atom stereocenters. The molecule has 6 rings (SSSR count). The molecule has 2 saturated heterocycles. The number of carbonyl (C=O) groups is 2. The molecule has 2 aromatic carbocycles. The first-order chi connectivity index (χ1) is 17.5. The molecule has 184 valence electrons. The van der Waals surface area contributed by atoms with E-state index in [-0.39, 0.29) is 23.3 Å². The lowest BCUT2D eigenvalue weighted by Gasteiger charge is -2.25. The molecule has 1 aliphatic carbocycles. The Morgan fingerprint density at radius 1 is 1.00 bits per heavy atom. The van der Waals surface area contributed by atoms with Gasteiger partial charge in [-0.1, -0.05) is 29.8 Å². The summed E-state index contributed by atoms with van der Waals surface area (Å²) in [6.07, 6.45) is 7.50. The minimum atomic E-state index is -0.184. The molecular weight excluding hydrogens is 472 g/mol. The van der Waals surface area contributed by atoms with Crippen LogP contribution >= 0.6 is 11.6 Å². The van der Waals surface area contributed by atoms with Gasteiger partial charge in [0.05, 0.1) is 16.6 Å². The second kappa shape index (κ2) is 9.25. The minimum absolute atomic E-state index is 0.0834. The average Bonchev–Trinajstić information content (AvgIpc) is 3.63. The normalized spacial score (nSPS) is 22.8. The van der Waals surface area contributed by atoms with E-state index < -0.39 is 0 Å². The summed E-state index contributed by atoms with van der Waals surface area (Å²) in [6, 6.07) is 17.1. The summed E-state index contributed by atoms with van der Waals surface area (Å²) in [5, 5.41) is 3.57. The maximum Gasteiger partial charge on any atom is 0.253 e. The fourth-order valence-corrected chi connectivity index (χ4v) is 6.32. The van der Waals surface area contributed by atoms with Crippen LogP contribution in [0.15, 0.2) is 67.0 Å². The molecule has 2 aliphatic heterocycles. The van der Waals surface area contributed by atoms with Crippen molar-refractivity contribution in [1.82, 2.24) is 15.2 Å². The Morgan fingerprint density at radius 3 is 2.64 bits per heavy atom. The van der Waals surface area contributed by atoms with Crippen molar-refractivity contribution >= 4 is 29.1 Å². The van der Waals surface area contributed by atoms with Crippen LogP contribution in [-0.2, 0) is 6.42 Å². The lowest BCUT2D eigenvalue weighted by atomic mass is 9.86. The number of nitrogens with one attached hydrogen (secondary N) is 1. The number of nitrogens with zero attached hydrogens (tertiary/aromatic N) is 3. The maximum atomic E-state index is 13.5. The van der Waals surface area contributed by atoms with Gasteiger partial charge in [0.1, 0.15) is 0 Å². The van der Waals surface area contributed by atoms with Gasteiger partial charge in [0.2, 0.25) is 0 Å². The molecule has 6 nitrogen and oxygen atoms in total. The van der Waals surface area contributed by atoms with Gasteiger partial charge < -0.3 is 15.1 Å². The van der Waals surface area contributed by atoms with Gasteiger partial charge in [0, 0.05) is 55.2 Å². The predicted octanol–water partition coefficient (Wildman–Crippen LogP) is 4.89. The Kier molecular flexibility index (Phi) is 5.92. The van der Waals surface area contributed by atoms with Crippen LogP contribution < -0.4 is 10.2 Å². The molecule has 0 radical (unpaired) electrons. The fraction of sp³-hybridized carbons (Fsp3) is 0.345. The van der Waals surface area contributed by atoms with Gasteiger partial charge in [-0.3, -0.25) is 14.6 Å². The molecule has 3 aromatic rings. The third-order valence-corrected chi connectivity index (χ3v) is 8.42. The lowest BCUT2D eigenvalue weighted by Crippen LogP contribution is -2.34. The van der Waals surface area contributed by atoms with Gasteiger partial charge in [-0.15, -0.1) is 0 Å². The number of rotatable bonds is 4. The van der Waals surface area contributed by atoms with E-state index in [9.17, 15) is 9.59 Å². The third-order valence-electron chi connectivity index (χ3n) is 8.09. The number of fused-ring (bicyclic) bond motifs is 1. The fourth-order valence-electron chi connectivity index (χ4n) is 6.10. The number of pyridine rings is 1. The number of halogens is 1. The Hall–Kier alpha value is -3.38. The topological polar surface area (TPSA) is 65.5 Å². The summed E-state index contributed by atoms with van der Waals surface area (Å²) in [5.74, 6) is -0.100. The van der Waals surface area contributed by atoms with Gasteiger partial charge in [-0.05, 0) is 73.2 Å². The van der Waals surface area contributed by atoms with Crippen LogP contribution in [0.5, 0.6) is 0 Å². The van der Waals surface area contributed by atoms with Gasteiger partial charge in [0.25, 0.3) is 11.8 Å². The standard InChI is InChI=1S/C29H29ClN4O2/c30-25-4-2-1-3-23(25)27(35)32-26-8-7-20-5-6-21(17-24(20)26)28(36)34-16-12-29(19-34)11-15-33(18-29)22-9-13-31-14-10-22/h1-6,9-10,13-14,17,26H,7-8,11-12,15-16,18-19H2,(H,32,35). The summed E-state index contributed by atoms with van der Waals surface area (Å²) in [7, 11) is 0. The Bertz CT molecular complexity index is 1310. The molecule has 7 heteroatoms. The molecular formula is C29H29ClN4O2. The van der Waals surface area contributed by atoms with Crippen LogP contribution in [-0.4, -0.2) is 47.9 Å². The second-order valence-electron chi connectivity index (χ2n) is 10.3. The molecule has 3 aliphatic rings. The van der Waals surface area contributed by atoms with E-state index in [0.717, 1.165) is 57.4 Å². The van der Waals surface area contributed by atoms with Crippen molar-refractivity contribution < 1.29 is 9.59 Å². The molecule has 0 bridgehead atoms. The van der Waals surface area contributed by atoms with E-state index in [1.807, 2.05) is 41.6 Å². The van der Waals surface area contributed by atoms with Crippen LogP contribution in [0.3, 0.4) is 0 Å². The van der Waals surface area contributed by atoms with Gasteiger partial charge in [0.15, 0.2) is 0 Å². The molecule has 36 heavy (non-hydrogen) atoms. The average molecular weight is 501 g/mol. The Balaban J connectivity index is 1.15. The van der Waals surface area contributed by atoms with Crippen LogP contribution in [0.1, 0.15) is 57.1 Å². The van der Waals surface area contributed by atoms with Crippen molar-refractivity contribution in [3.63, 3.8) is 0 Å². The molecule has 1 spiro atoms. The predicted molar refractivity (Wildman–Crippen MR) is 140 cm³/mol. The first-order valence-electron chi connectivity index (χ1n) is 12.6. The quantitative estimate of drug-likeness (QED) is 0.553. The number of anilines is 1. The third kappa shape index (κ3) is 4.24. The number of amides is 2. The smallest absolute Gasteiger partial charge is 0.253 e. The van der Waals surface area contributed by atoms with Crippen molar-refractivity contribution in [2.45, 2.75) is 31.7 Å². The first kappa shape index (κ1) is 23.0. The van der Waals surface area contributed by atoms with Gasteiger partial charge in [-0.2, -0.15) is 0 Å². The molecule has 0 saturated carbocycles. The zero-order valence-corrected chi connectivity index (χ0v) is 20.9. The molecule has 2 amide bonds. The molecule has 1 N–H and O–H groups in total. The SMILES string of the molecule is O=C(NC1CCc2ccc(C(=O)N3CCC4(CCN(c5ccncc5)C4)C3)cc21)c1ccccc1Cl. The van der Waals surface area contributed by atoms with Crippen molar-refractivity contribution in [2.24, 2.45) is 5.41 Å². The minimum Gasteiger partial charge on any atom is -0.371 e. The number of aromatic nitrogens is 1. The largest absolute Gasteiger partial charge is 0.371 e. The van der Waals surface area contributed by atoms with Crippen molar-refractivity contribution in [3.8, 4) is 0 Å². The highest BCUT2D eigenvalue weighted by Crippen LogP contribution is 2.41. The van der Waals surface area contributed by atoms with Crippen LogP contribution in [0, 0.1) is 5.41 Å². The van der Waals surface area contributed by atoms with E-state index in [1.54, 1.807) is 12.1 Å². The summed E-state index contributed by atoms with van der Waals surface area (Å²) >= 11 is 6.22. The first-order valence-corrected chi connectivity index (χ1v) is 13.0. The number of hydrogen-bond donors (Lipinski definition) is 1. The number of hydrogen-bond acceptors (Lipinski definition) is 4. The zero-order chi connectivity index (χ0) is 24.7. The monoisotopic (exact) mass is 500 g/mol. The Labute approximate surface area is 216 Å². The number of carbonyl (C=O) groups excluding carboxylic acids is 2. The summed E-state index contributed by atoms with van der Waals surface area (Å²) in [6.45, 7) is 3.56. The highest BCUT2D eigenvalue weighted by Gasteiger charge is 2.45. The lowest BCUT2D eigenvalue weighted by molar-refractivity contribution is 0.0775. The van der Waals surface area contributed by atoms with E-state index >= 15 is 0 Å². The summed E-state index contributed by atoms with van der Waals surface area (Å²) in [4.78, 5) is 34.9. The van der Waals surface area contributed by atoms with E-state index in [1.165, 1.54) is 11.3 Å². The Morgan fingerprint density at radius 2 is 1.81 bits per heavy atom. The molecule has 1 aromatic heterocycles. The number of benzene rings is 2. The van der Waals surface area contributed by atoms with E-state index in [0.29, 0.717) is 16.1 Å². The van der Waals surface area contributed by atoms with Crippen molar-refractivity contribution in [1.29, 1.82) is 0 Å². The number of aryl methyl sites for hydroxylation is 1. The van der Waals surface area contributed by atoms with Gasteiger partial charge in [-0.25, -0.2) is 0 Å².